The number of hydrogen-bond acceptors (Lipinski definition) is 3. The Morgan fingerprint density at radius 2 is 1.74 bits per heavy atom. The van der Waals surface area contributed by atoms with Crippen molar-refractivity contribution >= 4 is 21.9 Å². The third-order valence-electron chi connectivity index (χ3n) is 4.37. The van der Waals surface area contributed by atoms with E-state index in [4.69, 9.17) is 0 Å². The van der Waals surface area contributed by atoms with Gasteiger partial charge in [0.25, 0.3) is 0 Å². The number of hydrogen-bond donors (Lipinski definition) is 1. The molecule has 1 aliphatic heterocycles. The maximum absolute atomic E-state index is 4.41. The fourth-order valence-corrected chi connectivity index (χ4v) is 3.36. The highest BCUT2D eigenvalue weighted by atomic mass is 79.9. The van der Waals surface area contributed by atoms with E-state index >= 15 is 0 Å². The molecule has 0 saturated heterocycles. The quantitative estimate of drug-likeness (QED) is 0.724. The lowest BCUT2D eigenvalue weighted by Gasteiger charge is -2.32. The van der Waals surface area contributed by atoms with Crippen molar-refractivity contribution in [2.75, 3.05) is 5.32 Å². The lowest BCUT2D eigenvalue weighted by Crippen LogP contribution is -2.28. The van der Waals surface area contributed by atoms with Gasteiger partial charge in [-0.2, -0.15) is 10.1 Å². The van der Waals surface area contributed by atoms with Crippen LogP contribution < -0.4 is 5.32 Å². The van der Waals surface area contributed by atoms with Crippen molar-refractivity contribution in [3.8, 4) is 0 Å². The summed E-state index contributed by atoms with van der Waals surface area (Å²) in [5.74, 6) is 0.828. The van der Waals surface area contributed by atoms with Crippen LogP contribution in [-0.4, -0.2) is 14.8 Å². The van der Waals surface area contributed by atoms with Crippen molar-refractivity contribution in [2.24, 2.45) is 0 Å². The molecule has 5 heteroatoms. The summed E-state index contributed by atoms with van der Waals surface area (Å²) >= 11 is 3.50. The number of anilines is 1. The zero-order valence-electron chi connectivity index (χ0n) is 12.8. The Labute approximate surface area is 143 Å². The number of benzene rings is 2. The molecular weight excluding hydrogens is 352 g/mol. The van der Waals surface area contributed by atoms with Crippen LogP contribution >= 0.6 is 15.9 Å². The van der Waals surface area contributed by atoms with Crippen molar-refractivity contribution in [3.05, 3.63) is 76.0 Å². The molecule has 2 heterocycles. The molecule has 0 spiro atoms. The molecule has 2 aromatic carbocycles. The summed E-state index contributed by atoms with van der Waals surface area (Å²) in [6.45, 7) is 2.11. The van der Waals surface area contributed by atoms with Crippen molar-refractivity contribution in [1.29, 1.82) is 0 Å². The van der Waals surface area contributed by atoms with E-state index in [9.17, 15) is 0 Å². The number of aromatic nitrogens is 3. The number of rotatable bonds is 2. The van der Waals surface area contributed by atoms with Crippen LogP contribution in [0.1, 0.15) is 35.2 Å². The lowest BCUT2D eigenvalue weighted by molar-refractivity contribution is 0.431. The van der Waals surface area contributed by atoms with E-state index in [1.54, 1.807) is 6.33 Å². The van der Waals surface area contributed by atoms with Gasteiger partial charge in [0.15, 0.2) is 0 Å². The molecular formula is C18H17BrN4. The minimum Gasteiger partial charge on any atom is -0.348 e. The van der Waals surface area contributed by atoms with Crippen molar-refractivity contribution in [2.45, 2.75) is 25.4 Å². The largest absolute Gasteiger partial charge is 0.348 e. The molecule has 0 radical (unpaired) electrons. The van der Waals surface area contributed by atoms with Gasteiger partial charge in [-0.15, -0.1) is 0 Å². The first-order valence-corrected chi connectivity index (χ1v) is 8.48. The molecule has 0 fully saturated rings. The Hall–Kier alpha value is -2.14. The average Bonchev–Trinajstić information content (AvgIpc) is 3.04. The van der Waals surface area contributed by atoms with Crippen molar-refractivity contribution in [1.82, 2.24) is 14.8 Å². The van der Waals surface area contributed by atoms with Gasteiger partial charge in [0.2, 0.25) is 5.95 Å². The lowest BCUT2D eigenvalue weighted by atomic mass is 9.93. The predicted molar refractivity (Wildman–Crippen MR) is 94.5 cm³/mol. The summed E-state index contributed by atoms with van der Waals surface area (Å²) in [6.07, 6.45) is 2.56. The Bertz CT molecular complexity index is 808. The SMILES string of the molecule is Cc1ccc([C@@H]2C[C@H](c3ccc(Br)cc3)Nc3ncnn32)cc1. The third-order valence-corrected chi connectivity index (χ3v) is 4.89. The number of nitrogens with one attached hydrogen (secondary N) is 1. The second-order valence-corrected chi connectivity index (χ2v) is 6.85. The van der Waals surface area contributed by atoms with E-state index in [-0.39, 0.29) is 12.1 Å². The minimum atomic E-state index is 0.197. The first-order chi connectivity index (χ1) is 11.2. The molecule has 1 aliphatic rings. The van der Waals surface area contributed by atoms with Crippen LogP contribution in [0.25, 0.3) is 0 Å². The fraction of sp³-hybridized carbons (Fsp3) is 0.222. The zero-order chi connectivity index (χ0) is 15.8. The summed E-state index contributed by atoms with van der Waals surface area (Å²) in [5.41, 5.74) is 3.80. The van der Waals surface area contributed by atoms with Crippen LogP contribution in [0.4, 0.5) is 5.95 Å². The van der Waals surface area contributed by atoms with E-state index < -0.39 is 0 Å². The molecule has 116 valence electrons. The van der Waals surface area contributed by atoms with Crippen molar-refractivity contribution in [3.63, 3.8) is 0 Å². The van der Waals surface area contributed by atoms with Gasteiger partial charge >= 0.3 is 0 Å². The second-order valence-electron chi connectivity index (χ2n) is 5.94. The van der Waals surface area contributed by atoms with Gasteiger partial charge in [-0.1, -0.05) is 57.9 Å². The van der Waals surface area contributed by atoms with Crippen LogP contribution in [0.5, 0.6) is 0 Å². The van der Waals surface area contributed by atoms with Crippen LogP contribution in [-0.2, 0) is 0 Å². The van der Waals surface area contributed by atoms with Crippen LogP contribution in [0.2, 0.25) is 0 Å². The molecule has 0 aliphatic carbocycles. The average molecular weight is 369 g/mol. The van der Waals surface area contributed by atoms with Gasteiger partial charge in [-0.3, -0.25) is 0 Å². The van der Waals surface area contributed by atoms with E-state index in [1.807, 2.05) is 4.68 Å². The maximum atomic E-state index is 4.41. The summed E-state index contributed by atoms with van der Waals surface area (Å²) in [6, 6.07) is 17.6. The van der Waals surface area contributed by atoms with Gasteiger partial charge in [-0.25, -0.2) is 4.68 Å². The molecule has 0 amide bonds. The highest BCUT2D eigenvalue weighted by Gasteiger charge is 2.29. The monoisotopic (exact) mass is 368 g/mol. The molecule has 4 rings (SSSR count). The molecule has 0 unspecified atom stereocenters. The topological polar surface area (TPSA) is 42.7 Å². The second kappa shape index (κ2) is 5.81. The Kier molecular flexibility index (Phi) is 3.65. The van der Waals surface area contributed by atoms with Crippen molar-refractivity contribution < 1.29 is 0 Å². The fourth-order valence-electron chi connectivity index (χ4n) is 3.10. The Morgan fingerprint density at radius 3 is 2.48 bits per heavy atom. The number of aryl methyl sites for hydroxylation is 1. The molecule has 1 aromatic heterocycles. The van der Waals surface area contributed by atoms with Gasteiger partial charge in [0, 0.05) is 4.47 Å². The van der Waals surface area contributed by atoms with Crippen LogP contribution in [0.3, 0.4) is 0 Å². The molecule has 0 saturated carbocycles. The van der Waals surface area contributed by atoms with Gasteiger partial charge in [-0.05, 0) is 36.6 Å². The minimum absolute atomic E-state index is 0.197. The van der Waals surface area contributed by atoms with E-state index in [0.29, 0.717) is 0 Å². The van der Waals surface area contributed by atoms with Crippen LogP contribution in [0.15, 0.2) is 59.3 Å². The number of nitrogens with zero attached hydrogens (tertiary/aromatic N) is 3. The Morgan fingerprint density at radius 1 is 1.04 bits per heavy atom. The summed E-state index contributed by atoms with van der Waals surface area (Å²) in [7, 11) is 0. The summed E-state index contributed by atoms with van der Waals surface area (Å²) in [5, 5.41) is 7.91. The van der Waals surface area contributed by atoms with Gasteiger partial charge in [0.05, 0.1) is 12.1 Å². The van der Waals surface area contributed by atoms with E-state index in [1.165, 1.54) is 16.7 Å². The molecule has 4 nitrogen and oxygen atoms in total. The van der Waals surface area contributed by atoms with Crippen LogP contribution in [0, 0.1) is 6.92 Å². The molecule has 3 aromatic rings. The van der Waals surface area contributed by atoms with E-state index in [0.717, 1.165) is 16.8 Å². The summed E-state index contributed by atoms with van der Waals surface area (Å²) < 4.78 is 3.08. The number of fused-ring (bicyclic) bond motifs is 1. The molecule has 23 heavy (non-hydrogen) atoms. The summed E-state index contributed by atoms with van der Waals surface area (Å²) in [4.78, 5) is 4.37. The van der Waals surface area contributed by atoms with Gasteiger partial charge in [0.1, 0.15) is 6.33 Å². The highest BCUT2D eigenvalue weighted by molar-refractivity contribution is 9.10. The van der Waals surface area contributed by atoms with E-state index in [2.05, 4.69) is 86.8 Å². The zero-order valence-corrected chi connectivity index (χ0v) is 14.4. The first-order valence-electron chi connectivity index (χ1n) is 7.69. The predicted octanol–water partition coefficient (Wildman–Crippen LogP) is 4.50. The van der Waals surface area contributed by atoms with Gasteiger partial charge < -0.3 is 5.32 Å². The molecule has 0 bridgehead atoms. The normalized spacial score (nSPS) is 19.9. The standard InChI is InChI=1S/C18H17BrN4/c1-12-2-4-14(5-3-12)17-10-16(13-6-8-15(19)9-7-13)22-18-20-11-21-23(17)18/h2-9,11,16-17H,10H2,1H3,(H,20,21,22)/t16-,17+/m1/s1. The maximum Gasteiger partial charge on any atom is 0.222 e. The highest BCUT2D eigenvalue weighted by Crippen LogP contribution is 2.37. The molecule has 2 atom stereocenters. The Balaban J connectivity index is 1.71. The smallest absolute Gasteiger partial charge is 0.222 e. The number of halogens is 1. The molecule has 1 N–H and O–H groups in total. The third kappa shape index (κ3) is 2.77. The first kappa shape index (κ1) is 14.5.